The highest BCUT2D eigenvalue weighted by molar-refractivity contribution is 5.36. The molecule has 0 aliphatic rings. The van der Waals surface area contributed by atoms with Crippen LogP contribution in [0.25, 0.3) is 0 Å². The number of rotatable bonds is 5. The van der Waals surface area contributed by atoms with Crippen LogP contribution < -0.4 is 10.1 Å². The van der Waals surface area contributed by atoms with Crippen LogP contribution in [0.1, 0.15) is 17.2 Å². The first kappa shape index (κ1) is 15.4. The fraction of sp³-hybridized carbons (Fsp3) is 0.250. The van der Waals surface area contributed by atoms with Gasteiger partial charge in [0.25, 0.3) is 0 Å². The van der Waals surface area contributed by atoms with Gasteiger partial charge < -0.3 is 10.1 Å². The van der Waals surface area contributed by atoms with E-state index in [0.717, 1.165) is 11.6 Å². The van der Waals surface area contributed by atoms with Gasteiger partial charge in [0.1, 0.15) is 11.9 Å². The highest BCUT2D eigenvalue weighted by atomic mass is 19.4. The SMILES string of the molecule is CNCC(Oc1ccccc1C(F)(F)F)c1ccccc1. The molecule has 2 nitrogen and oxygen atoms in total. The summed E-state index contributed by atoms with van der Waals surface area (Å²) >= 11 is 0. The zero-order chi connectivity index (χ0) is 15.3. The fourth-order valence-corrected chi connectivity index (χ4v) is 2.04. The largest absolute Gasteiger partial charge is 0.484 e. The van der Waals surface area contributed by atoms with Crippen molar-refractivity contribution in [3.63, 3.8) is 0 Å². The third-order valence-electron chi connectivity index (χ3n) is 3.02. The van der Waals surface area contributed by atoms with Gasteiger partial charge in [-0.3, -0.25) is 0 Å². The van der Waals surface area contributed by atoms with Crippen molar-refractivity contribution in [2.75, 3.05) is 13.6 Å². The molecule has 0 amide bonds. The maximum Gasteiger partial charge on any atom is 0.419 e. The summed E-state index contributed by atoms with van der Waals surface area (Å²) in [5, 5.41) is 2.94. The Morgan fingerprint density at radius 1 is 1.00 bits per heavy atom. The number of hydrogen-bond donors (Lipinski definition) is 1. The monoisotopic (exact) mass is 295 g/mol. The van der Waals surface area contributed by atoms with Crippen LogP contribution in [-0.2, 0) is 6.18 Å². The van der Waals surface area contributed by atoms with Gasteiger partial charge in [0.2, 0.25) is 0 Å². The molecular weight excluding hydrogens is 279 g/mol. The molecule has 2 aromatic carbocycles. The molecule has 0 bridgehead atoms. The topological polar surface area (TPSA) is 21.3 Å². The van der Waals surface area contributed by atoms with Crippen LogP contribution in [0.5, 0.6) is 5.75 Å². The van der Waals surface area contributed by atoms with Gasteiger partial charge in [0.15, 0.2) is 0 Å². The lowest BCUT2D eigenvalue weighted by Gasteiger charge is -2.22. The summed E-state index contributed by atoms with van der Waals surface area (Å²) in [5.41, 5.74) is 0.0610. The second kappa shape index (κ2) is 6.63. The predicted molar refractivity (Wildman–Crippen MR) is 75.2 cm³/mol. The maximum absolute atomic E-state index is 13.0. The first-order valence-corrected chi connectivity index (χ1v) is 6.55. The molecule has 0 aromatic heterocycles. The molecule has 0 aliphatic carbocycles. The van der Waals surface area contributed by atoms with Crippen LogP contribution in [0, 0.1) is 0 Å². The van der Waals surface area contributed by atoms with Crippen LogP contribution in [-0.4, -0.2) is 13.6 Å². The van der Waals surface area contributed by atoms with E-state index in [0.29, 0.717) is 6.54 Å². The Morgan fingerprint density at radius 2 is 1.62 bits per heavy atom. The van der Waals surface area contributed by atoms with Crippen molar-refractivity contribution in [1.82, 2.24) is 5.32 Å². The fourth-order valence-electron chi connectivity index (χ4n) is 2.04. The zero-order valence-electron chi connectivity index (χ0n) is 11.5. The Labute approximate surface area is 121 Å². The number of likely N-dealkylation sites (N-methyl/N-ethyl adjacent to an activating group) is 1. The molecule has 0 saturated carbocycles. The van der Waals surface area contributed by atoms with Crippen LogP contribution in [0.2, 0.25) is 0 Å². The summed E-state index contributed by atoms with van der Waals surface area (Å²) in [4.78, 5) is 0. The van der Waals surface area contributed by atoms with E-state index in [9.17, 15) is 13.2 Å². The predicted octanol–water partition coefficient (Wildman–Crippen LogP) is 4.04. The molecule has 0 aliphatic heterocycles. The lowest BCUT2D eigenvalue weighted by Crippen LogP contribution is -2.23. The molecule has 112 valence electrons. The van der Waals surface area contributed by atoms with Gasteiger partial charge in [-0.1, -0.05) is 42.5 Å². The van der Waals surface area contributed by atoms with E-state index in [4.69, 9.17) is 4.74 Å². The minimum Gasteiger partial charge on any atom is -0.484 e. The van der Waals surface area contributed by atoms with Crippen molar-refractivity contribution in [2.45, 2.75) is 12.3 Å². The number of alkyl halides is 3. The molecule has 2 rings (SSSR count). The molecule has 1 unspecified atom stereocenters. The Bertz CT molecular complexity index is 569. The molecule has 0 spiro atoms. The lowest BCUT2D eigenvalue weighted by molar-refractivity contribution is -0.139. The zero-order valence-corrected chi connectivity index (χ0v) is 11.5. The summed E-state index contributed by atoms with van der Waals surface area (Å²) in [6.07, 6.45) is -4.92. The van der Waals surface area contributed by atoms with E-state index in [-0.39, 0.29) is 5.75 Å². The van der Waals surface area contributed by atoms with Crippen LogP contribution in [0.3, 0.4) is 0 Å². The summed E-state index contributed by atoms with van der Waals surface area (Å²) in [6, 6.07) is 14.4. The minimum absolute atomic E-state index is 0.158. The van der Waals surface area contributed by atoms with Crippen LogP contribution >= 0.6 is 0 Å². The number of halogens is 3. The summed E-state index contributed by atoms with van der Waals surface area (Å²) in [7, 11) is 1.73. The number of nitrogens with one attached hydrogen (secondary N) is 1. The smallest absolute Gasteiger partial charge is 0.419 e. The average Bonchev–Trinajstić information content (AvgIpc) is 2.47. The molecule has 5 heteroatoms. The van der Waals surface area contributed by atoms with Gasteiger partial charge in [0, 0.05) is 6.54 Å². The quantitative estimate of drug-likeness (QED) is 0.898. The second-order valence-electron chi connectivity index (χ2n) is 4.57. The van der Waals surface area contributed by atoms with Crippen LogP contribution in [0.4, 0.5) is 13.2 Å². The van der Waals surface area contributed by atoms with Gasteiger partial charge >= 0.3 is 6.18 Å². The van der Waals surface area contributed by atoms with Gasteiger partial charge in [-0.25, -0.2) is 0 Å². The van der Waals surface area contributed by atoms with E-state index in [1.807, 2.05) is 30.3 Å². The molecule has 2 aromatic rings. The van der Waals surface area contributed by atoms with E-state index < -0.39 is 17.8 Å². The molecule has 0 radical (unpaired) electrons. The lowest BCUT2D eigenvalue weighted by atomic mass is 10.1. The first-order chi connectivity index (χ1) is 10.0. The van der Waals surface area contributed by atoms with Crippen molar-refractivity contribution < 1.29 is 17.9 Å². The third kappa shape index (κ3) is 3.98. The van der Waals surface area contributed by atoms with Crippen molar-refractivity contribution in [2.24, 2.45) is 0 Å². The standard InChI is InChI=1S/C16H16F3NO/c1-20-11-15(12-7-3-2-4-8-12)21-14-10-6-5-9-13(14)16(17,18)19/h2-10,15,20H,11H2,1H3. The molecular formula is C16H16F3NO. The highest BCUT2D eigenvalue weighted by Gasteiger charge is 2.34. The van der Waals surface area contributed by atoms with Crippen molar-refractivity contribution >= 4 is 0 Å². The van der Waals surface area contributed by atoms with E-state index >= 15 is 0 Å². The van der Waals surface area contributed by atoms with Crippen molar-refractivity contribution in [3.05, 3.63) is 65.7 Å². The number of benzene rings is 2. The molecule has 0 heterocycles. The maximum atomic E-state index is 13.0. The number of ether oxygens (including phenoxy) is 1. The molecule has 1 atom stereocenters. The molecule has 21 heavy (non-hydrogen) atoms. The Hall–Kier alpha value is -2.01. The van der Waals surface area contributed by atoms with Gasteiger partial charge in [-0.15, -0.1) is 0 Å². The second-order valence-corrected chi connectivity index (χ2v) is 4.57. The van der Waals surface area contributed by atoms with E-state index in [1.165, 1.54) is 18.2 Å². The Kier molecular flexibility index (Phi) is 4.85. The number of para-hydroxylation sites is 1. The van der Waals surface area contributed by atoms with Crippen molar-refractivity contribution in [1.29, 1.82) is 0 Å². The van der Waals surface area contributed by atoms with Crippen LogP contribution in [0.15, 0.2) is 54.6 Å². The first-order valence-electron chi connectivity index (χ1n) is 6.55. The average molecular weight is 295 g/mol. The minimum atomic E-state index is -4.43. The molecule has 1 N–H and O–H groups in total. The summed E-state index contributed by atoms with van der Waals surface area (Å²) < 4.78 is 44.6. The highest BCUT2D eigenvalue weighted by Crippen LogP contribution is 2.37. The molecule has 0 saturated heterocycles. The normalized spacial score (nSPS) is 13.0. The van der Waals surface area contributed by atoms with E-state index in [2.05, 4.69) is 5.32 Å². The number of hydrogen-bond acceptors (Lipinski definition) is 2. The molecule has 0 fully saturated rings. The third-order valence-corrected chi connectivity index (χ3v) is 3.02. The van der Waals surface area contributed by atoms with E-state index in [1.54, 1.807) is 7.05 Å². The van der Waals surface area contributed by atoms with Crippen molar-refractivity contribution in [3.8, 4) is 5.75 Å². The van der Waals surface area contributed by atoms with Gasteiger partial charge in [-0.2, -0.15) is 13.2 Å². The Morgan fingerprint density at radius 3 is 2.24 bits per heavy atom. The summed E-state index contributed by atoms with van der Waals surface area (Å²) in [6.45, 7) is 0.413. The summed E-state index contributed by atoms with van der Waals surface area (Å²) in [5.74, 6) is -0.158. The van der Waals surface area contributed by atoms with Gasteiger partial charge in [-0.05, 0) is 24.7 Å². The van der Waals surface area contributed by atoms with Gasteiger partial charge in [0.05, 0.1) is 5.56 Å². The Balaban J connectivity index is 2.30.